The Morgan fingerprint density at radius 2 is 1.90 bits per heavy atom. The first-order valence-electron chi connectivity index (χ1n) is 8.88. The number of hydrogen-bond acceptors (Lipinski definition) is 5. The first kappa shape index (κ1) is 22.4. The Hall–Kier alpha value is -2.88. The zero-order chi connectivity index (χ0) is 21.7. The third kappa shape index (κ3) is 5.35. The number of aryl methyl sites for hydroxylation is 1. The molecule has 7 nitrogen and oxygen atoms in total. The second kappa shape index (κ2) is 9.08. The Labute approximate surface area is 165 Å². The molecule has 0 bridgehead atoms. The molecule has 1 amide bonds. The van der Waals surface area contributed by atoms with Crippen molar-refractivity contribution in [3.8, 4) is 5.75 Å². The Kier molecular flexibility index (Phi) is 7.02. The molecule has 1 atom stereocenters. The van der Waals surface area contributed by atoms with Crippen LogP contribution in [-0.4, -0.2) is 45.7 Å². The van der Waals surface area contributed by atoms with E-state index in [1.165, 1.54) is 25.4 Å². The second-order valence-electron chi connectivity index (χ2n) is 6.41. The van der Waals surface area contributed by atoms with Crippen molar-refractivity contribution in [3.05, 3.63) is 48.0 Å². The molecule has 0 aliphatic carbocycles. The molecule has 0 aliphatic rings. The van der Waals surface area contributed by atoms with Crippen LogP contribution in [0.5, 0.6) is 5.75 Å². The van der Waals surface area contributed by atoms with Gasteiger partial charge in [-0.25, -0.2) is 4.98 Å². The van der Waals surface area contributed by atoms with Crippen molar-refractivity contribution < 1.29 is 32.6 Å². The highest BCUT2D eigenvalue weighted by Crippen LogP contribution is 2.40. The number of halogens is 3. The normalized spacial score (nSPS) is 13.6. The third-order valence-corrected chi connectivity index (χ3v) is 4.34. The van der Waals surface area contributed by atoms with E-state index in [2.05, 4.69) is 10.3 Å². The van der Waals surface area contributed by atoms with Gasteiger partial charge in [-0.05, 0) is 24.3 Å². The topological polar surface area (TPSA) is 93.5 Å². The maximum Gasteiger partial charge on any atom is 0.424 e. The van der Waals surface area contributed by atoms with E-state index in [9.17, 15) is 27.9 Å². The fourth-order valence-corrected chi connectivity index (χ4v) is 2.67. The lowest BCUT2D eigenvalue weighted by Gasteiger charge is -2.29. The van der Waals surface area contributed by atoms with E-state index in [1.54, 1.807) is 19.1 Å². The summed E-state index contributed by atoms with van der Waals surface area (Å²) in [4.78, 5) is 27.0. The number of hydrogen-bond donors (Lipinski definition) is 2. The predicted octanol–water partition coefficient (Wildman–Crippen LogP) is 2.35. The van der Waals surface area contributed by atoms with Crippen molar-refractivity contribution in [3.63, 3.8) is 0 Å². The number of nitrogens with zero attached hydrogens (tertiary/aromatic N) is 2. The summed E-state index contributed by atoms with van der Waals surface area (Å²) in [5.74, 6) is -0.896. The van der Waals surface area contributed by atoms with Crippen molar-refractivity contribution in [1.82, 2.24) is 14.9 Å². The number of nitrogens with one attached hydrogen (secondary N) is 1. The Bertz CT molecular complexity index is 849. The number of aromatic nitrogens is 2. The Morgan fingerprint density at radius 1 is 1.24 bits per heavy atom. The van der Waals surface area contributed by atoms with Gasteiger partial charge in [0.25, 0.3) is 5.91 Å². The van der Waals surface area contributed by atoms with Crippen LogP contribution in [0, 0.1) is 0 Å². The molecular weight excluding hydrogens is 391 g/mol. The largest absolute Gasteiger partial charge is 0.484 e. The van der Waals surface area contributed by atoms with Crippen LogP contribution in [0.4, 0.5) is 13.2 Å². The minimum atomic E-state index is -4.97. The molecule has 1 aromatic carbocycles. The van der Waals surface area contributed by atoms with Gasteiger partial charge in [0.05, 0.1) is 0 Å². The quantitative estimate of drug-likeness (QED) is 0.616. The van der Waals surface area contributed by atoms with Crippen LogP contribution in [0.2, 0.25) is 0 Å². The standard InChI is InChI=1S/C19H22F3N3O4/c1-3-15(26)13-4-6-14(7-5-13)29-12-16(27)23-9-8-18(28,19(20,21)22)17-24-10-11-25(17)2/h4-7,10-11,28H,3,8-9,12H2,1-2H3,(H,23,27). The first-order valence-corrected chi connectivity index (χ1v) is 8.88. The van der Waals surface area contributed by atoms with Crippen molar-refractivity contribution in [2.45, 2.75) is 31.5 Å². The molecule has 0 saturated carbocycles. The molecule has 1 unspecified atom stereocenters. The number of carbonyl (C=O) groups excluding carboxylic acids is 2. The number of imidazole rings is 1. The van der Waals surface area contributed by atoms with E-state index < -0.39 is 43.1 Å². The minimum Gasteiger partial charge on any atom is -0.484 e. The Morgan fingerprint density at radius 3 is 2.41 bits per heavy atom. The zero-order valence-electron chi connectivity index (χ0n) is 16.0. The molecule has 0 radical (unpaired) electrons. The van der Waals surface area contributed by atoms with Crippen LogP contribution < -0.4 is 10.1 Å². The van der Waals surface area contributed by atoms with E-state index in [-0.39, 0.29) is 5.78 Å². The number of ketones is 1. The molecule has 10 heteroatoms. The molecule has 158 valence electrons. The fourth-order valence-electron chi connectivity index (χ4n) is 2.67. The maximum absolute atomic E-state index is 13.4. The van der Waals surface area contributed by atoms with Crippen molar-refractivity contribution in [2.75, 3.05) is 13.2 Å². The number of ether oxygens (including phenoxy) is 1. The van der Waals surface area contributed by atoms with Crippen molar-refractivity contribution in [1.29, 1.82) is 0 Å². The van der Waals surface area contributed by atoms with Gasteiger partial charge < -0.3 is 19.7 Å². The summed E-state index contributed by atoms with van der Waals surface area (Å²) < 4.78 is 46.5. The van der Waals surface area contributed by atoms with E-state index in [1.807, 2.05) is 0 Å². The average Bonchev–Trinajstić information content (AvgIpc) is 3.11. The number of carbonyl (C=O) groups is 2. The van der Waals surface area contributed by atoms with Crippen molar-refractivity contribution in [2.24, 2.45) is 7.05 Å². The van der Waals surface area contributed by atoms with Gasteiger partial charge in [-0.3, -0.25) is 9.59 Å². The molecule has 29 heavy (non-hydrogen) atoms. The maximum atomic E-state index is 13.4. The first-order chi connectivity index (χ1) is 13.6. The van der Waals surface area contributed by atoms with Crippen LogP contribution in [0.25, 0.3) is 0 Å². The van der Waals surface area contributed by atoms with E-state index in [0.717, 1.165) is 10.8 Å². The SMILES string of the molecule is CCC(=O)c1ccc(OCC(=O)NCCC(O)(c2nccn2C)C(F)(F)F)cc1. The molecule has 2 rings (SSSR count). The van der Waals surface area contributed by atoms with Crippen LogP contribution in [0.15, 0.2) is 36.7 Å². The molecule has 0 aliphatic heterocycles. The average molecular weight is 413 g/mol. The molecule has 0 fully saturated rings. The van der Waals surface area contributed by atoms with Gasteiger partial charge in [0.15, 0.2) is 12.4 Å². The summed E-state index contributed by atoms with van der Waals surface area (Å²) in [7, 11) is 1.34. The zero-order valence-corrected chi connectivity index (χ0v) is 16.0. The lowest BCUT2D eigenvalue weighted by molar-refractivity contribution is -0.272. The van der Waals surface area contributed by atoms with Crippen LogP contribution in [-0.2, 0) is 17.4 Å². The van der Waals surface area contributed by atoms with Gasteiger partial charge in [-0.2, -0.15) is 13.2 Å². The van der Waals surface area contributed by atoms with Crippen LogP contribution >= 0.6 is 0 Å². The highest BCUT2D eigenvalue weighted by atomic mass is 19.4. The van der Waals surface area contributed by atoms with Gasteiger partial charge in [0.1, 0.15) is 11.6 Å². The summed E-state index contributed by atoms with van der Waals surface area (Å²) >= 11 is 0. The smallest absolute Gasteiger partial charge is 0.424 e. The third-order valence-electron chi connectivity index (χ3n) is 4.34. The number of aliphatic hydroxyl groups is 1. The highest BCUT2D eigenvalue weighted by Gasteiger charge is 2.57. The molecule has 1 aromatic heterocycles. The van der Waals surface area contributed by atoms with Gasteiger partial charge in [0, 0.05) is 44.4 Å². The van der Waals surface area contributed by atoms with Gasteiger partial charge in [0.2, 0.25) is 5.60 Å². The number of alkyl halides is 3. The minimum absolute atomic E-state index is 0.0286. The molecule has 0 saturated heterocycles. The van der Waals surface area contributed by atoms with Gasteiger partial charge in [-0.1, -0.05) is 6.92 Å². The molecular formula is C19H22F3N3O4. The molecule has 2 aromatic rings. The van der Waals surface area contributed by atoms with E-state index in [4.69, 9.17) is 4.74 Å². The number of Topliss-reactive ketones (excluding diaryl/α,β-unsaturated/α-hetero) is 1. The lowest BCUT2D eigenvalue weighted by Crippen LogP contribution is -2.47. The summed E-state index contributed by atoms with van der Waals surface area (Å²) in [5.41, 5.74) is -2.67. The van der Waals surface area contributed by atoms with Crippen LogP contribution in [0.3, 0.4) is 0 Å². The van der Waals surface area contributed by atoms with E-state index in [0.29, 0.717) is 17.7 Å². The Balaban J connectivity index is 1.88. The number of rotatable bonds is 9. The van der Waals surface area contributed by atoms with Gasteiger partial charge in [-0.15, -0.1) is 0 Å². The predicted molar refractivity (Wildman–Crippen MR) is 97.3 cm³/mol. The monoisotopic (exact) mass is 413 g/mol. The van der Waals surface area contributed by atoms with Crippen LogP contribution in [0.1, 0.15) is 35.9 Å². The molecule has 2 N–H and O–H groups in total. The summed E-state index contributed by atoms with van der Waals surface area (Å²) in [6.07, 6.45) is -2.97. The van der Waals surface area contributed by atoms with Crippen molar-refractivity contribution >= 4 is 11.7 Å². The highest BCUT2D eigenvalue weighted by molar-refractivity contribution is 5.95. The summed E-state index contributed by atoms with van der Waals surface area (Å²) in [5, 5.41) is 12.5. The summed E-state index contributed by atoms with van der Waals surface area (Å²) in [6.45, 7) is 0.883. The fraction of sp³-hybridized carbons (Fsp3) is 0.421. The number of amides is 1. The molecule has 1 heterocycles. The molecule has 0 spiro atoms. The lowest BCUT2D eigenvalue weighted by atomic mass is 9.97. The van der Waals surface area contributed by atoms with E-state index >= 15 is 0 Å². The summed E-state index contributed by atoms with van der Waals surface area (Å²) in [6, 6.07) is 6.18. The second-order valence-corrected chi connectivity index (χ2v) is 6.41. The van der Waals surface area contributed by atoms with Gasteiger partial charge >= 0.3 is 6.18 Å². The number of benzene rings is 1.